The summed E-state index contributed by atoms with van der Waals surface area (Å²) in [6.45, 7) is 0.428. The van der Waals surface area contributed by atoms with Crippen molar-refractivity contribution in [2.24, 2.45) is 0 Å². The second-order valence-electron chi connectivity index (χ2n) is 4.36. The van der Waals surface area contributed by atoms with E-state index in [-0.39, 0.29) is 6.42 Å². The first-order valence-corrected chi connectivity index (χ1v) is 8.02. The third-order valence-electron chi connectivity index (χ3n) is 3.03. The maximum atomic E-state index is 10.8. The molecule has 102 valence electrons. The Morgan fingerprint density at radius 3 is 2.90 bits per heavy atom. The number of carboxylic acids is 1. The van der Waals surface area contributed by atoms with E-state index in [2.05, 4.69) is 39.0 Å². The highest BCUT2D eigenvalue weighted by atomic mass is 127. The van der Waals surface area contributed by atoms with Crippen molar-refractivity contribution in [3.8, 4) is 11.4 Å². The summed E-state index contributed by atoms with van der Waals surface area (Å²) in [5.74, 6) is 0.0419. The van der Waals surface area contributed by atoms with Gasteiger partial charge in [-0.25, -0.2) is 4.98 Å². The normalized spacial score (nSPS) is 11.1. The highest BCUT2D eigenvalue weighted by Crippen LogP contribution is 2.29. The number of imidazole rings is 1. The summed E-state index contributed by atoms with van der Waals surface area (Å²) in [6.07, 6.45) is 0.0918. The highest BCUT2D eigenvalue weighted by Gasteiger charge is 2.14. The number of aryl methyl sites for hydroxylation is 1. The van der Waals surface area contributed by atoms with Gasteiger partial charge in [0.15, 0.2) is 0 Å². The lowest BCUT2D eigenvalue weighted by Gasteiger charge is -2.06. The quantitative estimate of drug-likeness (QED) is 0.680. The Bertz CT molecular complexity index is 778. The summed E-state index contributed by atoms with van der Waals surface area (Å²) in [5.41, 5.74) is 2.92. The fraction of sp³-hybridized carbons (Fsp3) is 0.143. The topological polar surface area (TPSA) is 55.1 Å². The summed E-state index contributed by atoms with van der Waals surface area (Å²) >= 11 is 3.94. The number of benzene rings is 1. The van der Waals surface area contributed by atoms with Gasteiger partial charge < -0.3 is 9.67 Å². The molecule has 2 heterocycles. The van der Waals surface area contributed by atoms with Crippen LogP contribution >= 0.6 is 33.9 Å². The minimum absolute atomic E-state index is 0.0918. The molecule has 3 aromatic rings. The van der Waals surface area contributed by atoms with Crippen LogP contribution in [0, 0.1) is 2.88 Å². The number of fused-ring (bicyclic) bond motifs is 1. The van der Waals surface area contributed by atoms with Gasteiger partial charge in [0.05, 0.1) is 20.3 Å². The zero-order valence-corrected chi connectivity index (χ0v) is 13.4. The van der Waals surface area contributed by atoms with Gasteiger partial charge in [0.1, 0.15) is 5.82 Å². The van der Waals surface area contributed by atoms with Crippen molar-refractivity contribution < 1.29 is 9.90 Å². The molecule has 0 saturated heterocycles. The number of halogens is 1. The van der Waals surface area contributed by atoms with Crippen molar-refractivity contribution in [1.29, 1.82) is 0 Å². The Balaban J connectivity index is 2.14. The van der Waals surface area contributed by atoms with Gasteiger partial charge >= 0.3 is 5.97 Å². The number of carboxylic acid groups (broad SMARTS) is 1. The molecule has 0 atom stereocenters. The number of rotatable bonds is 4. The summed E-state index contributed by atoms with van der Waals surface area (Å²) in [4.78, 5) is 15.5. The molecule has 1 aromatic carbocycles. The lowest BCUT2D eigenvalue weighted by Crippen LogP contribution is -2.05. The molecule has 1 N–H and O–H groups in total. The average Bonchev–Trinajstić information content (AvgIpc) is 2.99. The van der Waals surface area contributed by atoms with Crippen molar-refractivity contribution >= 4 is 50.9 Å². The number of aromatic nitrogens is 2. The maximum Gasteiger partial charge on any atom is 0.305 e. The van der Waals surface area contributed by atoms with Crippen molar-refractivity contribution in [3.05, 3.63) is 38.6 Å². The summed E-state index contributed by atoms with van der Waals surface area (Å²) in [7, 11) is 0. The minimum Gasteiger partial charge on any atom is -0.481 e. The molecule has 4 nitrogen and oxygen atoms in total. The first-order valence-electron chi connectivity index (χ1n) is 6.06. The van der Waals surface area contributed by atoms with E-state index in [1.807, 2.05) is 28.8 Å². The Hall–Kier alpha value is -1.41. The molecule has 0 aliphatic rings. The van der Waals surface area contributed by atoms with Crippen molar-refractivity contribution in [3.63, 3.8) is 0 Å². The molecule has 6 heteroatoms. The van der Waals surface area contributed by atoms with Gasteiger partial charge in [-0.2, -0.15) is 0 Å². The number of hydrogen-bond donors (Lipinski definition) is 1. The van der Waals surface area contributed by atoms with Crippen LogP contribution in [0.4, 0.5) is 0 Å². The van der Waals surface area contributed by atoms with Crippen LogP contribution in [0.15, 0.2) is 35.7 Å². The first kappa shape index (κ1) is 13.6. The molecule has 0 radical (unpaired) electrons. The molecule has 3 rings (SSSR count). The van der Waals surface area contributed by atoms with Crippen LogP contribution in [0.2, 0.25) is 0 Å². The van der Waals surface area contributed by atoms with E-state index < -0.39 is 5.97 Å². The molecule has 2 aromatic heterocycles. The van der Waals surface area contributed by atoms with E-state index in [0.29, 0.717) is 6.54 Å². The maximum absolute atomic E-state index is 10.8. The van der Waals surface area contributed by atoms with Crippen LogP contribution in [0.5, 0.6) is 0 Å². The number of aliphatic carboxylic acids is 1. The fourth-order valence-electron chi connectivity index (χ4n) is 2.16. The van der Waals surface area contributed by atoms with Crippen molar-refractivity contribution in [2.75, 3.05) is 0 Å². The predicted octanol–water partition coefficient (Wildman–Crippen LogP) is 3.84. The van der Waals surface area contributed by atoms with Gasteiger partial charge in [0.25, 0.3) is 0 Å². The standard InChI is InChI=1S/C14H11IN2O2S/c15-12-7-9(8-20-12)14-16-10-3-1-2-4-11(10)17(14)6-5-13(18)19/h1-4,7-8H,5-6H2,(H,18,19). The monoisotopic (exact) mass is 398 g/mol. The number of carbonyl (C=O) groups is 1. The molecule has 0 aliphatic carbocycles. The molecule has 0 fully saturated rings. The molecule has 0 bridgehead atoms. The van der Waals surface area contributed by atoms with Gasteiger partial charge in [-0.15, -0.1) is 11.3 Å². The number of thiophene rings is 1. The molecule has 20 heavy (non-hydrogen) atoms. The fourth-order valence-corrected chi connectivity index (χ4v) is 3.48. The largest absolute Gasteiger partial charge is 0.481 e. The minimum atomic E-state index is -0.798. The molecule has 0 unspecified atom stereocenters. The highest BCUT2D eigenvalue weighted by molar-refractivity contribution is 14.1. The predicted molar refractivity (Wildman–Crippen MR) is 88.0 cm³/mol. The van der Waals surface area contributed by atoms with Crippen LogP contribution < -0.4 is 0 Å². The van der Waals surface area contributed by atoms with Gasteiger partial charge in [0, 0.05) is 17.5 Å². The number of nitrogens with zero attached hydrogens (tertiary/aromatic N) is 2. The third-order valence-corrected chi connectivity index (χ3v) is 4.82. The molecule has 0 saturated carbocycles. The summed E-state index contributed by atoms with van der Waals surface area (Å²) in [6, 6.07) is 9.89. The smallest absolute Gasteiger partial charge is 0.305 e. The molecule has 0 aliphatic heterocycles. The van der Waals surface area contributed by atoms with E-state index in [1.165, 1.54) is 2.88 Å². The van der Waals surface area contributed by atoms with Gasteiger partial charge in [0.2, 0.25) is 0 Å². The van der Waals surface area contributed by atoms with Crippen molar-refractivity contribution in [1.82, 2.24) is 9.55 Å². The SMILES string of the molecule is O=C(O)CCn1c(-c2csc(I)c2)nc2ccccc21. The van der Waals surface area contributed by atoms with E-state index in [1.54, 1.807) is 11.3 Å². The molecule has 0 amide bonds. The zero-order chi connectivity index (χ0) is 14.1. The van der Waals surface area contributed by atoms with Gasteiger partial charge in [-0.1, -0.05) is 12.1 Å². The van der Waals surface area contributed by atoms with Crippen molar-refractivity contribution in [2.45, 2.75) is 13.0 Å². The zero-order valence-electron chi connectivity index (χ0n) is 10.4. The van der Waals surface area contributed by atoms with Crippen LogP contribution in [-0.4, -0.2) is 20.6 Å². The van der Waals surface area contributed by atoms with E-state index >= 15 is 0 Å². The molecular weight excluding hydrogens is 387 g/mol. The number of para-hydroxylation sites is 2. The second kappa shape index (κ2) is 5.53. The van der Waals surface area contributed by atoms with Gasteiger partial charge in [-0.05, 0) is 40.8 Å². The van der Waals surface area contributed by atoms with Gasteiger partial charge in [-0.3, -0.25) is 4.79 Å². The third kappa shape index (κ3) is 2.57. The van der Waals surface area contributed by atoms with E-state index in [9.17, 15) is 4.79 Å². The summed E-state index contributed by atoms with van der Waals surface area (Å²) in [5, 5.41) is 11.0. The Morgan fingerprint density at radius 1 is 1.40 bits per heavy atom. The van der Waals surface area contributed by atoms with Crippen LogP contribution in [0.3, 0.4) is 0 Å². The first-order chi connectivity index (χ1) is 9.65. The second-order valence-corrected chi connectivity index (χ2v) is 7.16. The van der Waals surface area contributed by atoms with Crippen LogP contribution in [0.25, 0.3) is 22.4 Å². The molecular formula is C14H11IN2O2S. The van der Waals surface area contributed by atoms with Crippen LogP contribution in [-0.2, 0) is 11.3 Å². The Kier molecular flexibility index (Phi) is 3.75. The molecule has 0 spiro atoms. The Labute approximate surface area is 133 Å². The van der Waals surface area contributed by atoms with E-state index in [0.717, 1.165) is 22.4 Å². The average molecular weight is 398 g/mol. The van der Waals surface area contributed by atoms with E-state index in [4.69, 9.17) is 5.11 Å². The number of hydrogen-bond acceptors (Lipinski definition) is 3. The Morgan fingerprint density at radius 2 is 2.20 bits per heavy atom. The van der Waals surface area contributed by atoms with Crippen LogP contribution in [0.1, 0.15) is 6.42 Å². The lowest BCUT2D eigenvalue weighted by molar-refractivity contribution is -0.137. The lowest BCUT2D eigenvalue weighted by atomic mass is 10.3. The summed E-state index contributed by atoms with van der Waals surface area (Å²) < 4.78 is 3.18.